The number of rotatable bonds is 22. The summed E-state index contributed by atoms with van der Waals surface area (Å²) in [6, 6.07) is 0. The molecule has 8 nitrogen and oxygen atoms in total. The number of amides is 1. The van der Waals surface area contributed by atoms with Crippen molar-refractivity contribution in [3.63, 3.8) is 0 Å². The summed E-state index contributed by atoms with van der Waals surface area (Å²) in [5.74, 6) is -0.196. The van der Waals surface area contributed by atoms with Crippen LogP contribution in [0, 0.1) is 0 Å². The maximum absolute atomic E-state index is 11.6. The Morgan fingerprint density at radius 1 is 0.643 bits per heavy atom. The van der Waals surface area contributed by atoms with Crippen LogP contribution in [-0.2, 0) is 33.3 Å². The lowest BCUT2D eigenvalue weighted by atomic mass is 10.2. The minimum absolute atomic E-state index is 0.00859. The lowest BCUT2D eigenvalue weighted by molar-refractivity contribution is -0.126. The topological polar surface area (TPSA) is 92.3 Å². The highest BCUT2D eigenvalue weighted by atomic mass is 16.5. The zero-order valence-electron chi connectivity index (χ0n) is 17.7. The number of carbonyl (C=O) groups excluding carboxylic acids is 2. The van der Waals surface area contributed by atoms with Crippen LogP contribution in [0.2, 0.25) is 0 Å². The number of unbranched alkanes of at least 4 members (excludes halogenated alkanes) is 4. The molecule has 0 fully saturated rings. The predicted molar refractivity (Wildman–Crippen MR) is 107 cm³/mol. The summed E-state index contributed by atoms with van der Waals surface area (Å²) < 4.78 is 26.4. The number of hydrogen-bond donors (Lipinski definition) is 1. The fourth-order valence-corrected chi connectivity index (χ4v) is 2.16. The fraction of sp³-hybridized carbons (Fsp3) is 0.900. The third-order valence-electron chi connectivity index (χ3n) is 3.62. The van der Waals surface area contributed by atoms with E-state index in [1.165, 1.54) is 32.6 Å². The molecule has 166 valence electrons. The summed E-state index contributed by atoms with van der Waals surface area (Å²) in [5, 5.41) is 2.72. The highest BCUT2D eigenvalue weighted by Gasteiger charge is 2.01. The summed E-state index contributed by atoms with van der Waals surface area (Å²) in [6.07, 6.45) is 6.17. The number of ketones is 1. The van der Waals surface area contributed by atoms with Crippen LogP contribution >= 0.6 is 0 Å². The Hall–Kier alpha value is -1.06. The molecule has 28 heavy (non-hydrogen) atoms. The van der Waals surface area contributed by atoms with Crippen molar-refractivity contribution in [2.45, 2.75) is 46.0 Å². The number of Topliss-reactive ketones (excluding diaryl/α,β-unsaturated/α-hetero) is 1. The molecule has 1 amide bonds. The van der Waals surface area contributed by atoms with Crippen LogP contribution < -0.4 is 5.32 Å². The smallest absolute Gasteiger partial charge is 0.246 e. The Bertz CT molecular complexity index is 366. The van der Waals surface area contributed by atoms with E-state index in [0.717, 1.165) is 13.0 Å². The van der Waals surface area contributed by atoms with E-state index in [4.69, 9.17) is 23.7 Å². The fourth-order valence-electron chi connectivity index (χ4n) is 2.16. The summed E-state index contributed by atoms with van der Waals surface area (Å²) in [7, 11) is 0. The summed E-state index contributed by atoms with van der Waals surface area (Å²) in [4.78, 5) is 22.2. The highest BCUT2D eigenvalue weighted by molar-refractivity contribution is 5.77. The number of ether oxygens (including phenoxy) is 5. The van der Waals surface area contributed by atoms with Crippen LogP contribution in [0.4, 0.5) is 0 Å². The average Bonchev–Trinajstić information content (AvgIpc) is 2.67. The summed E-state index contributed by atoms with van der Waals surface area (Å²) in [5.41, 5.74) is 0. The van der Waals surface area contributed by atoms with Crippen molar-refractivity contribution in [3.05, 3.63) is 0 Å². The van der Waals surface area contributed by atoms with Gasteiger partial charge in [0.15, 0.2) is 5.78 Å². The maximum Gasteiger partial charge on any atom is 0.246 e. The standard InChI is InChI=1S/C20H39NO7/c1-3-4-5-6-7-9-24-11-12-25-10-8-21-20(23)18-28-16-14-26-13-15-27-17-19(2)22/h3-18H2,1-2H3,(H,21,23). The maximum atomic E-state index is 11.6. The van der Waals surface area contributed by atoms with Crippen LogP contribution in [0.25, 0.3) is 0 Å². The first-order chi connectivity index (χ1) is 13.7. The molecule has 0 spiro atoms. The van der Waals surface area contributed by atoms with Gasteiger partial charge in [0, 0.05) is 13.2 Å². The SMILES string of the molecule is CCCCCCCOCCOCCNC(=O)COCCOCCOCC(C)=O. The lowest BCUT2D eigenvalue weighted by Gasteiger charge is -2.08. The van der Waals surface area contributed by atoms with Crippen LogP contribution in [0.3, 0.4) is 0 Å². The molecule has 0 bridgehead atoms. The largest absolute Gasteiger partial charge is 0.379 e. The zero-order chi connectivity index (χ0) is 20.7. The second kappa shape index (κ2) is 22.2. The van der Waals surface area contributed by atoms with Gasteiger partial charge in [-0.25, -0.2) is 0 Å². The third-order valence-corrected chi connectivity index (χ3v) is 3.62. The Morgan fingerprint density at radius 3 is 1.82 bits per heavy atom. The third kappa shape index (κ3) is 23.0. The molecular formula is C20H39NO7. The highest BCUT2D eigenvalue weighted by Crippen LogP contribution is 2.02. The minimum atomic E-state index is -0.184. The van der Waals surface area contributed by atoms with E-state index in [9.17, 15) is 9.59 Å². The predicted octanol–water partition coefficient (Wildman–Crippen LogP) is 1.75. The molecule has 0 saturated heterocycles. The minimum Gasteiger partial charge on any atom is -0.379 e. The van der Waals surface area contributed by atoms with Crippen molar-refractivity contribution in [1.82, 2.24) is 5.32 Å². The van der Waals surface area contributed by atoms with Gasteiger partial charge in [-0.3, -0.25) is 9.59 Å². The molecule has 0 heterocycles. The zero-order valence-corrected chi connectivity index (χ0v) is 17.7. The molecular weight excluding hydrogens is 366 g/mol. The molecule has 0 saturated carbocycles. The molecule has 8 heteroatoms. The van der Waals surface area contributed by atoms with Crippen molar-refractivity contribution < 1.29 is 33.3 Å². The van der Waals surface area contributed by atoms with Gasteiger partial charge < -0.3 is 29.0 Å². The van der Waals surface area contributed by atoms with Gasteiger partial charge >= 0.3 is 0 Å². The Morgan fingerprint density at radius 2 is 1.18 bits per heavy atom. The second-order valence-corrected chi connectivity index (χ2v) is 6.41. The molecule has 0 aromatic heterocycles. The molecule has 0 aliphatic carbocycles. The molecule has 0 unspecified atom stereocenters. The normalized spacial score (nSPS) is 10.9. The Balaban J connectivity index is 3.16. The molecule has 0 aliphatic heterocycles. The van der Waals surface area contributed by atoms with Crippen molar-refractivity contribution in [3.8, 4) is 0 Å². The summed E-state index contributed by atoms with van der Waals surface area (Å²) >= 11 is 0. The van der Waals surface area contributed by atoms with Gasteiger partial charge in [-0.1, -0.05) is 32.6 Å². The van der Waals surface area contributed by atoms with Gasteiger partial charge in [0.1, 0.15) is 13.2 Å². The monoisotopic (exact) mass is 405 g/mol. The van der Waals surface area contributed by atoms with Gasteiger partial charge in [-0.2, -0.15) is 0 Å². The first kappa shape index (κ1) is 26.9. The van der Waals surface area contributed by atoms with E-state index < -0.39 is 0 Å². The van der Waals surface area contributed by atoms with E-state index in [2.05, 4.69) is 12.2 Å². The van der Waals surface area contributed by atoms with E-state index in [1.54, 1.807) is 0 Å². The molecule has 0 rings (SSSR count). The second-order valence-electron chi connectivity index (χ2n) is 6.41. The van der Waals surface area contributed by atoms with E-state index in [0.29, 0.717) is 52.8 Å². The van der Waals surface area contributed by atoms with Crippen molar-refractivity contribution >= 4 is 11.7 Å². The molecule has 0 atom stereocenters. The van der Waals surface area contributed by atoms with Crippen LogP contribution in [0.15, 0.2) is 0 Å². The number of nitrogens with one attached hydrogen (secondary N) is 1. The van der Waals surface area contributed by atoms with E-state index in [-0.39, 0.29) is 24.9 Å². The lowest BCUT2D eigenvalue weighted by Crippen LogP contribution is -2.31. The Labute approximate surface area is 169 Å². The van der Waals surface area contributed by atoms with Gasteiger partial charge in [-0.05, 0) is 13.3 Å². The Kier molecular flexibility index (Phi) is 21.4. The number of hydrogen-bond acceptors (Lipinski definition) is 7. The van der Waals surface area contributed by atoms with Gasteiger partial charge in [0.25, 0.3) is 0 Å². The molecule has 1 N–H and O–H groups in total. The van der Waals surface area contributed by atoms with E-state index in [1.807, 2.05) is 0 Å². The van der Waals surface area contributed by atoms with Gasteiger partial charge in [0.2, 0.25) is 5.91 Å². The molecule has 0 aromatic rings. The first-order valence-corrected chi connectivity index (χ1v) is 10.3. The number of carbonyl (C=O) groups is 2. The van der Waals surface area contributed by atoms with Crippen LogP contribution in [0.1, 0.15) is 46.0 Å². The quantitative estimate of drug-likeness (QED) is 0.274. The molecule has 0 aromatic carbocycles. The van der Waals surface area contributed by atoms with Crippen LogP contribution in [-0.4, -0.2) is 84.3 Å². The molecule has 0 radical (unpaired) electrons. The molecule has 0 aliphatic rings. The van der Waals surface area contributed by atoms with E-state index >= 15 is 0 Å². The van der Waals surface area contributed by atoms with Crippen molar-refractivity contribution in [1.29, 1.82) is 0 Å². The van der Waals surface area contributed by atoms with Gasteiger partial charge in [-0.15, -0.1) is 0 Å². The average molecular weight is 406 g/mol. The van der Waals surface area contributed by atoms with Crippen LogP contribution in [0.5, 0.6) is 0 Å². The van der Waals surface area contributed by atoms with Crippen molar-refractivity contribution in [2.75, 3.05) is 72.6 Å². The summed E-state index contributed by atoms with van der Waals surface area (Å²) in [6.45, 7) is 8.04. The van der Waals surface area contributed by atoms with Crippen molar-refractivity contribution in [2.24, 2.45) is 0 Å². The first-order valence-electron chi connectivity index (χ1n) is 10.3. The van der Waals surface area contributed by atoms with Gasteiger partial charge in [0.05, 0.1) is 46.2 Å².